The third-order valence-electron chi connectivity index (χ3n) is 3.38. The molecule has 0 aromatic carbocycles. The highest BCUT2D eigenvalue weighted by atomic mass is 127. The van der Waals surface area contributed by atoms with E-state index in [1.807, 2.05) is 25.8 Å². The Hall–Kier alpha value is -1.52. The number of nitrogen functional groups attached to an aromatic ring is 1. The van der Waals surface area contributed by atoms with E-state index in [1.165, 1.54) is 6.33 Å². The predicted molar refractivity (Wildman–Crippen MR) is 90.3 cm³/mol. The fourth-order valence-corrected chi connectivity index (χ4v) is 4.39. The van der Waals surface area contributed by atoms with Crippen LogP contribution in [0.2, 0.25) is 0 Å². The van der Waals surface area contributed by atoms with Crippen molar-refractivity contribution in [1.29, 1.82) is 0 Å². The molecule has 1 saturated heterocycles. The lowest BCUT2D eigenvalue weighted by atomic mass is 10.2. The predicted octanol–water partition coefficient (Wildman–Crippen LogP) is 2.13. The lowest BCUT2D eigenvalue weighted by Gasteiger charge is -2.25. The number of ether oxygens (including phenoxy) is 1. The van der Waals surface area contributed by atoms with Gasteiger partial charge in [-0.25, -0.2) is 19.8 Å². The molecule has 1 fully saturated rings. The highest BCUT2D eigenvalue weighted by molar-refractivity contribution is 14.2. The highest BCUT2D eigenvalue weighted by Crippen LogP contribution is 2.38. The molecule has 1 atom stereocenters. The van der Waals surface area contributed by atoms with Gasteiger partial charge in [-0.15, -0.1) is 3.25 Å². The van der Waals surface area contributed by atoms with Gasteiger partial charge in [0.25, 0.3) is 0 Å². The molecule has 3 heterocycles. The molecule has 3 rings (SSSR count). The van der Waals surface area contributed by atoms with E-state index >= 15 is 0 Å². The third kappa shape index (κ3) is 2.99. The molecule has 9 heteroatoms. The SMILES string of the molecule is CC(C)(C)OC(=O)N1CC[C@@H](N2N=Ic3c(N)ncnc32)C1. The van der Waals surface area contributed by atoms with E-state index in [0.717, 1.165) is 15.8 Å². The maximum atomic E-state index is 12.1. The minimum absolute atomic E-state index is 0.128. The van der Waals surface area contributed by atoms with Crippen LogP contribution in [0.15, 0.2) is 9.58 Å². The van der Waals surface area contributed by atoms with Crippen LogP contribution >= 0.6 is 21.0 Å². The van der Waals surface area contributed by atoms with Crippen LogP contribution in [0.3, 0.4) is 0 Å². The number of halogens is 1. The first-order chi connectivity index (χ1) is 10.3. The largest absolute Gasteiger partial charge is 0.444 e. The van der Waals surface area contributed by atoms with Gasteiger partial charge < -0.3 is 15.4 Å². The van der Waals surface area contributed by atoms with Crippen molar-refractivity contribution in [2.45, 2.75) is 38.8 Å². The number of aromatic nitrogens is 2. The van der Waals surface area contributed by atoms with Crippen molar-refractivity contribution in [2.24, 2.45) is 3.25 Å². The van der Waals surface area contributed by atoms with E-state index in [0.29, 0.717) is 18.9 Å². The van der Waals surface area contributed by atoms with Gasteiger partial charge in [-0.1, -0.05) is 0 Å². The molecule has 2 aliphatic rings. The average molecular weight is 418 g/mol. The second-order valence-corrected chi connectivity index (χ2v) is 8.26. The number of nitrogens with zero attached hydrogens (tertiary/aromatic N) is 5. The second kappa shape index (κ2) is 5.60. The van der Waals surface area contributed by atoms with E-state index in [1.54, 1.807) is 4.90 Å². The van der Waals surface area contributed by atoms with Crippen LogP contribution in [-0.2, 0) is 4.74 Å². The van der Waals surface area contributed by atoms with Crippen molar-refractivity contribution in [2.75, 3.05) is 23.8 Å². The molecule has 0 radical (unpaired) electrons. The molecule has 0 aliphatic carbocycles. The molecule has 2 N–H and O–H groups in total. The maximum absolute atomic E-state index is 12.1. The number of hydrogen-bond acceptors (Lipinski definition) is 7. The Labute approximate surface area is 139 Å². The van der Waals surface area contributed by atoms with Gasteiger partial charge in [-0.3, -0.25) is 0 Å². The Morgan fingerprint density at radius 3 is 2.95 bits per heavy atom. The summed E-state index contributed by atoms with van der Waals surface area (Å²) in [5.74, 6) is 1.32. The number of amides is 1. The molecule has 2 aliphatic heterocycles. The van der Waals surface area contributed by atoms with Gasteiger partial charge >= 0.3 is 6.09 Å². The van der Waals surface area contributed by atoms with Crippen LogP contribution in [-0.4, -0.2) is 45.7 Å². The van der Waals surface area contributed by atoms with Gasteiger partial charge in [0.05, 0.1) is 27.1 Å². The van der Waals surface area contributed by atoms with Crippen molar-refractivity contribution >= 4 is 38.8 Å². The molecular weight excluding hydrogens is 399 g/mol. The van der Waals surface area contributed by atoms with Crippen molar-refractivity contribution in [3.05, 3.63) is 9.90 Å². The molecule has 22 heavy (non-hydrogen) atoms. The van der Waals surface area contributed by atoms with Crippen LogP contribution < -0.4 is 10.7 Å². The molecule has 1 aromatic rings. The summed E-state index contributed by atoms with van der Waals surface area (Å²) < 4.78 is 11.0. The molecule has 8 nitrogen and oxygen atoms in total. The Morgan fingerprint density at radius 2 is 2.23 bits per heavy atom. The molecule has 0 bridgehead atoms. The quantitative estimate of drug-likeness (QED) is 0.702. The summed E-state index contributed by atoms with van der Waals surface area (Å²) in [7, 11) is 0. The topological polar surface area (TPSA) is 96.9 Å². The number of likely N-dealkylation sites (tertiary alicyclic amines) is 1. The number of hydrogen-bond donors (Lipinski definition) is 1. The fraction of sp³-hybridized carbons (Fsp3) is 0.615. The average Bonchev–Trinajstić information content (AvgIpc) is 3.03. The van der Waals surface area contributed by atoms with E-state index < -0.39 is 26.6 Å². The van der Waals surface area contributed by atoms with Crippen molar-refractivity contribution < 1.29 is 9.53 Å². The van der Waals surface area contributed by atoms with E-state index in [4.69, 9.17) is 10.5 Å². The van der Waals surface area contributed by atoms with Crippen molar-refractivity contribution in [3.8, 4) is 0 Å². The summed E-state index contributed by atoms with van der Waals surface area (Å²) in [4.78, 5) is 22.2. The summed E-state index contributed by atoms with van der Waals surface area (Å²) in [6.07, 6.45) is 2.04. The van der Waals surface area contributed by atoms with Gasteiger partial charge in [-0.05, 0) is 27.2 Å². The highest BCUT2D eigenvalue weighted by Gasteiger charge is 2.36. The van der Waals surface area contributed by atoms with Gasteiger partial charge in [0.15, 0.2) is 5.82 Å². The van der Waals surface area contributed by atoms with E-state index in [2.05, 4.69) is 13.2 Å². The summed E-state index contributed by atoms with van der Waals surface area (Å²) in [5, 5.41) is 1.92. The maximum Gasteiger partial charge on any atom is 0.410 e. The van der Waals surface area contributed by atoms with E-state index in [-0.39, 0.29) is 12.1 Å². The zero-order valence-electron chi connectivity index (χ0n) is 12.8. The number of fused-ring (bicyclic) bond motifs is 1. The fourth-order valence-electron chi connectivity index (χ4n) is 2.40. The molecule has 120 valence electrons. The first kappa shape index (κ1) is 15.4. The summed E-state index contributed by atoms with van der Waals surface area (Å²) in [6.45, 7) is 6.86. The van der Waals surface area contributed by atoms with Gasteiger partial charge in [0.2, 0.25) is 0 Å². The van der Waals surface area contributed by atoms with Crippen LogP contribution in [0.25, 0.3) is 0 Å². The number of carbonyl (C=O) groups is 1. The number of nitrogens with two attached hydrogens (primary N) is 1. The van der Waals surface area contributed by atoms with Crippen LogP contribution in [0, 0.1) is 3.57 Å². The molecule has 0 saturated carbocycles. The Kier molecular flexibility index (Phi) is 3.91. The zero-order valence-corrected chi connectivity index (χ0v) is 14.9. The van der Waals surface area contributed by atoms with E-state index in [9.17, 15) is 4.79 Å². The number of carbonyl (C=O) groups excluding carboxylic acids is 1. The van der Waals surface area contributed by atoms with Gasteiger partial charge in [0.1, 0.15) is 21.3 Å². The van der Waals surface area contributed by atoms with Crippen molar-refractivity contribution in [3.63, 3.8) is 0 Å². The van der Waals surface area contributed by atoms with Gasteiger partial charge in [0, 0.05) is 13.1 Å². The zero-order chi connectivity index (χ0) is 15.9. The summed E-state index contributed by atoms with van der Waals surface area (Å²) in [5.41, 5.74) is 5.40. The number of anilines is 2. The van der Waals surface area contributed by atoms with Crippen LogP contribution in [0.1, 0.15) is 27.2 Å². The molecule has 1 aromatic heterocycles. The summed E-state index contributed by atoms with van der Waals surface area (Å²) >= 11 is -0.544. The number of rotatable bonds is 1. The van der Waals surface area contributed by atoms with Crippen molar-refractivity contribution in [1.82, 2.24) is 14.9 Å². The molecule has 0 unspecified atom stereocenters. The lowest BCUT2D eigenvalue weighted by Crippen LogP contribution is -2.38. The third-order valence-corrected chi connectivity index (χ3v) is 5.58. The normalized spacial score (nSPS) is 20.8. The second-order valence-electron chi connectivity index (χ2n) is 6.27. The minimum Gasteiger partial charge on any atom is -0.444 e. The van der Waals surface area contributed by atoms with Gasteiger partial charge in [-0.2, -0.15) is 0 Å². The molecule has 0 spiro atoms. The smallest absolute Gasteiger partial charge is 0.410 e. The minimum atomic E-state index is -0.544. The summed E-state index contributed by atoms with van der Waals surface area (Å²) in [6, 6.07) is 0.128. The standard InChI is InChI=1S/C13H19IN6O2/c1-13(2,3)22-12(21)19-5-4-8(6-19)20-11-9(14-18-20)10(15)16-7-17-11/h7-8H,4-6H2,1-3H3,(H2,15,16,17)/t8-/m1/s1. The molecular formula is C13H19IN6O2. The lowest BCUT2D eigenvalue weighted by molar-refractivity contribution is 0.0292. The van der Waals surface area contributed by atoms with Crippen LogP contribution in [0.5, 0.6) is 0 Å². The Bertz CT molecular complexity index is 629. The first-order valence-corrected chi connectivity index (χ1v) is 9.12. The first-order valence-electron chi connectivity index (χ1n) is 7.08. The Morgan fingerprint density at radius 1 is 1.45 bits per heavy atom. The monoisotopic (exact) mass is 418 g/mol. The molecule has 1 amide bonds. The Balaban J connectivity index is 1.69. The van der Waals surface area contributed by atoms with Crippen LogP contribution in [0.4, 0.5) is 16.4 Å².